The van der Waals surface area contributed by atoms with Gasteiger partial charge in [0, 0.05) is 0 Å². The van der Waals surface area contributed by atoms with Gasteiger partial charge in [0.2, 0.25) is 0 Å². The van der Waals surface area contributed by atoms with Gasteiger partial charge in [0.25, 0.3) is 0 Å². The van der Waals surface area contributed by atoms with Crippen molar-refractivity contribution in [3.8, 4) is 22.9 Å². The molecule has 0 unspecified atom stereocenters. The van der Waals surface area contributed by atoms with Gasteiger partial charge >= 0.3 is 0 Å². The largest absolute Gasteiger partial charge is 0.494 e. The van der Waals surface area contributed by atoms with E-state index in [1.165, 1.54) is 41.5 Å². The third-order valence-corrected chi connectivity index (χ3v) is 5.19. The number of unbranched alkanes of at least 4 members (excludes halogenated alkanes) is 3. The molecule has 3 aromatic rings. The maximum Gasteiger partial charge on any atom is 0.119 e. The lowest BCUT2D eigenvalue weighted by Gasteiger charge is -2.08. The van der Waals surface area contributed by atoms with Gasteiger partial charge in [0.1, 0.15) is 5.75 Å². The van der Waals surface area contributed by atoms with Crippen molar-refractivity contribution in [1.82, 2.24) is 0 Å². The van der Waals surface area contributed by atoms with E-state index in [1.54, 1.807) is 0 Å². The van der Waals surface area contributed by atoms with Crippen molar-refractivity contribution in [3.05, 3.63) is 89.5 Å². The molecule has 0 fully saturated rings. The highest BCUT2D eigenvalue weighted by atomic mass is 16.5. The van der Waals surface area contributed by atoms with Gasteiger partial charge in [-0.15, -0.1) is 0 Å². The summed E-state index contributed by atoms with van der Waals surface area (Å²) < 4.78 is 5.83. The number of aryl methyl sites for hydroxylation is 2. The molecule has 148 valence electrons. The molecule has 3 aromatic carbocycles. The minimum atomic E-state index is 0.714. The van der Waals surface area contributed by atoms with Crippen LogP contribution in [0.1, 0.15) is 49.3 Å². The monoisotopic (exact) mass is 383 g/mol. The van der Waals surface area contributed by atoms with Crippen molar-refractivity contribution in [1.29, 1.82) is 5.26 Å². The summed E-state index contributed by atoms with van der Waals surface area (Å²) >= 11 is 0. The van der Waals surface area contributed by atoms with Gasteiger partial charge in [-0.25, -0.2) is 0 Å². The fraction of sp³-hybridized carbons (Fsp3) is 0.296. The van der Waals surface area contributed by atoms with Crippen LogP contribution in [0, 0.1) is 11.3 Å². The smallest absolute Gasteiger partial charge is 0.119 e. The molecule has 0 radical (unpaired) electrons. The van der Waals surface area contributed by atoms with E-state index in [1.807, 2.05) is 24.3 Å². The van der Waals surface area contributed by atoms with Crippen molar-refractivity contribution in [2.75, 3.05) is 6.61 Å². The third kappa shape index (κ3) is 6.50. The quantitative estimate of drug-likeness (QED) is 0.354. The minimum absolute atomic E-state index is 0.714. The van der Waals surface area contributed by atoms with Crippen LogP contribution in [-0.2, 0) is 12.8 Å². The highest BCUT2D eigenvalue weighted by Gasteiger charge is 2.01. The second-order valence-electron chi connectivity index (χ2n) is 7.44. The van der Waals surface area contributed by atoms with Crippen LogP contribution >= 0.6 is 0 Å². The predicted molar refractivity (Wildman–Crippen MR) is 120 cm³/mol. The molecular weight excluding hydrogens is 354 g/mol. The SMILES string of the molecule is CCCCCCOc1ccc(-c2ccc(CCc3ccc(C#N)cc3)cc2)cc1. The first kappa shape index (κ1) is 20.7. The van der Waals surface area contributed by atoms with Crippen molar-refractivity contribution < 1.29 is 4.74 Å². The van der Waals surface area contributed by atoms with Crippen LogP contribution in [0.15, 0.2) is 72.8 Å². The molecule has 2 heteroatoms. The van der Waals surface area contributed by atoms with E-state index in [0.29, 0.717) is 5.56 Å². The van der Waals surface area contributed by atoms with Gasteiger partial charge in [-0.2, -0.15) is 5.26 Å². The summed E-state index contributed by atoms with van der Waals surface area (Å²) in [7, 11) is 0. The summed E-state index contributed by atoms with van der Waals surface area (Å²) in [5.74, 6) is 0.948. The number of ether oxygens (including phenoxy) is 1. The van der Waals surface area contributed by atoms with Gasteiger partial charge < -0.3 is 4.74 Å². The molecule has 0 aromatic heterocycles. The highest BCUT2D eigenvalue weighted by Crippen LogP contribution is 2.23. The van der Waals surface area contributed by atoms with Gasteiger partial charge in [0.05, 0.1) is 18.2 Å². The van der Waals surface area contributed by atoms with Crippen molar-refractivity contribution >= 4 is 0 Å². The van der Waals surface area contributed by atoms with Gasteiger partial charge in [-0.1, -0.05) is 74.7 Å². The molecule has 0 spiro atoms. The van der Waals surface area contributed by atoms with E-state index in [9.17, 15) is 0 Å². The molecule has 29 heavy (non-hydrogen) atoms. The second kappa shape index (κ2) is 11.1. The van der Waals surface area contributed by atoms with Crippen molar-refractivity contribution in [2.45, 2.75) is 45.4 Å². The fourth-order valence-electron chi connectivity index (χ4n) is 3.36. The Bertz CT molecular complexity index is 903. The molecule has 2 nitrogen and oxygen atoms in total. The van der Waals surface area contributed by atoms with Crippen LogP contribution in [0.2, 0.25) is 0 Å². The first-order valence-corrected chi connectivity index (χ1v) is 10.6. The van der Waals surface area contributed by atoms with Crippen LogP contribution in [0.5, 0.6) is 5.75 Å². The number of rotatable bonds is 10. The minimum Gasteiger partial charge on any atom is -0.494 e. The fourth-order valence-corrected chi connectivity index (χ4v) is 3.36. The zero-order valence-electron chi connectivity index (χ0n) is 17.2. The van der Waals surface area contributed by atoms with Gasteiger partial charge in [-0.05, 0) is 65.8 Å². The third-order valence-electron chi connectivity index (χ3n) is 5.19. The Labute approximate surface area is 174 Å². The molecule has 0 atom stereocenters. The van der Waals surface area contributed by atoms with E-state index < -0.39 is 0 Å². The molecule has 0 saturated carbocycles. The zero-order chi connectivity index (χ0) is 20.3. The maximum absolute atomic E-state index is 8.88. The Morgan fingerprint density at radius 2 is 1.24 bits per heavy atom. The number of nitriles is 1. The molecule has 0 N–H and O–H groups in total. The molecule has 3 rings (SSSR count). The summed E-state index contributed by atoms with van der Waals surface area (Å²) in [4.78, 5) is 0. The lowest BCUT2D eigenvalue weighted by molar-refractivity contribution is 0.305. The Morgan fingerprint density at radius 3 is 1.79 bits per heavy atom. The molecule has 0 saturated heterocycles. The second-order valence-corrected chi connectivity index (χ2v) is 7.44. The molecule has 0 aliphatic rings. The van der Waals surface area contributed by atoms with Crippen molar-refractivity contribution in [2.24, 2.45) is 0 Å². The Hall–Kier alpha value is -3.05. The van der Waals surface area contributed by atoms with Gasteiger partial charge in [-0.3, -0.25) is 0 Å². The molecule has 0 amide bonds. The van der Waals surface area contributed by atoms with Crippen LogP contribution in [0.3, 0.4) is 0 Å². The Kier molecular flexibility index (Phi) is 7.90. The van der Waals surface area contributed by atoms with E-state index in [2.05, 4.69) is 61.5 Å². The molecular formula is C27H29NO. The van der Waals surface area contributed by atoms with E-state index in [4.69, 9.17) is 10.00 Å². The van der Waals surface area contributed by atoms with Crippen molar-refractivity contribution in [3.63, 3.8) is 0 Å². The zero-order valence-corrected chi connectivity index (χ0v) is 17.2. The van der Waals surface area contributed by atoms with E-state index in [0.717, 1.165) is 31.6 Å². The van der Waals surface area contributed by atoms with Crippen LogP contribution < -0.4 is 4.74 Å². The Balaban J connectivity index is 1.50. The average molecular weight is 384 g/mol. The summed E-state index contributed by atoms with van der Waals surface area (Å²) in [6, 6.07) is 27.2. The topological polar surface area (TPSA) is 33.0 Å². The summed E-state index contributed by atoms with van der Waals surface area (Å²) in [6.45, 7) is 3.02. The summed E-state index contributed by atoms with van der Waals surface area (Å²) in [5.41, 5.74) is 5.73. The lowest BCUT2D eigenvalue weighted by Crippen LogP contribution is -1.97. The van der Waals surface area contributed by atoms with Gasteiger partial charge in [0.15, 0.2) is 0 Å². The number of hydrogen-bond donors (Lipinski definition) is 0. The first-order chi connectivity index (χ1) is 14.3. The maximum atomic E-state index is 8.88. The number of benzene rings is 3. The number of hydrogen-bond acceptors (Lipinski definition) is 2. The summed E-state index contributed by atoms with van der Waals surface area (Å²) in [5, 5.41) is 8.88. The highest BCUT2D eigenvalue weighted by molar-refractivity contribution is 5.64. The van der Waals surface area contributed by atoms with Crippen LogP contribution in [0.4, 0.5) is 0 Å². The molecule has 0 aliphatic carbocycles. The molecule has 0 heterocycles. The van der Waals surface area contributed by atoms with Crippen LogP contribution in [0.25, 0.3) is 11.1 Å². The molecule has 0 aliphatic heterocycles. The van der Waals surface area contributed by atoms with E-state index in [-0.39, 0.29) is 0 Å². The predicted octanol–water partition coefficient (Wildman–Crippen LogP) is 6.97. The van der Waals surface area contributed by atoms with Crippen LogP contribution in [-0.4, -0.2) is 6.61 Å². The Morgan fingerprint density at radius 1 is 0.690 bits per heavy atom. The molecule has 0 bridgehead atoms. The number of nitrogens with zero attached hydrogens (tertiary/aromatic N) is 1. The lowest BCUT2D eigenvalue weighted by atomic mass is 10.00. The van der Waals surface area contributed by atoms with E-state index >= 15 is 0 Å². The summed E-state index contributed by atoms with van der Waals surface area (Å²) in [6.07, 6.45) is 6.88. The average Bonchev–Trinajstić information content (AvgIpc) is 2.79. The standard InChI is InChI=1S/C27H29NO/c1-2-3-4-5-20-29-27-18-16-26(17-19-27)25-14-12-23(13-15-25)7-6-22-8-10-24(21-28)11-9-22/h8-19H,2-7,20H2,1H3. The normalized spacial score (nSPS) is 10.5. The first-order valence-electron chi connectivity index (χ1n) is 10.6.